The van der Waals surface area contributed by atoms with Crippen LogP contribution in [0, 0.1) is 0 Å². The first-order valence-corrected chi connectivity index (χ1v) is 9.29. The number of rotatable bonds is 9. The Morgan fingerprint density at radius 1 is 0.966 bits per heavy atom. The van der Waals surface area contributed by atoms with Gasteiger partial charge in [0.25, 0.3) is 0 Å². The standard InChI is InChI=1S/C22H25N3O4/c1-27-18-13-17(14-19(28-2)22(18)29-3)9-10-21(26)24-20-11-12-23-25(20)15-16-7-5-4-6-8-16/h4-8,11-14H,9-10,15H2,1-3H3,(H,24,26). The van der Waals surface area contributed by atoms with E-state index >= 15 is 0 Å². The van der Waals surface area contributed by atoms with E-state index in [0.29, 0.717) is 42.5 Å². The van der Waals surface area contributed by atoms with Crippen LogP contribution >= 0.6 is 0 Å². The van der Waals surface area contributed by atoms with E-state index in [9.17, 15) is 4.79 Å². The van der Waals surface area contributed by atoms with Gasteiger partial charge < -0.3 is 19.5 Å². The molecule has 7 nitrogen and oxygen atoms in total. The highest BCUT2D eigenvalue weighted by Gasteiger charge is 2.14. The molecule has 7 heteroatoms. The number of anilines is 1. The van der Waals surface area contributed by atoms with Gasteiger partial charge in [0.1, 0.15) is 5.82 Å². The van der Waals surface area contributed by atoms with Gasteiger partial charge in [-0.25, -0.2) is 4.68 Å². The maximum absolute atomic E-state index is 12.5. The fourth-order valence-electron chi connectivity index (χ4n) is 3.06. The molecule has 0 aliphatic heterocycles. The zero-order chi connectivity index (χ0) is 20.6. The van der Waals surface area contributed by atoms with Crippen LogP contribution in [0.5, 0.6) is 17.2 Å². The van der Waals surface area contributed by atoms with Gasteiger partial charge in [-0.3, -0.25) is 4.79 Å². The second-order valence-corrected chi connectivity index (χ2v) is 6.44. The molecule has 1 N–H and O–H groups in total. The average Bonchev–Trinajstić information content (AvgIpc) is 3.18. The van der Waals surface area contributed by atoms with Crippen molar-refractivity contribution >= 4 is 11.7 Å². The number of carbonyl (C=O) groups is 1. The van der Waals surface area contributed by atoms with Crippen molar-refractivity contribution in [3.63, 3.8) is 0 Å². The molecule has 0 unspecified atom stereocenters. The number of ether oxygens (including phenoxy) is 3. The summed E-state index contributed by atoms with van der Waals surface area (Å²) < 4.78 is 17.8. The minimum Gasteiger partial charge on any atom is -0.493 e. The van der Waals surface area contributed by atoms with Crippen LogP contribution in [-0.4, -0.2) is 37.0 Å². The number of amides is 1. The second-order valence-electron chi connectivity index (χ2n) is 6.44. The molecule has 0 saturated carbocycles. The summed E-state index contributed by atoms with van der Waals surface area (Å²) in [7, 11) is 4.70. The zero-order valence-corrected chi connectivity index (χ0v) is 16.8. The summed E-state index contributed by atoms with van der Waals surface area (Å²) in [5, 5.41) is 7.24. The molecule has 1 heterocycles. The highest BCUT2D eigenvalue weighted by atomic mass is 16.5. The summed E-state index contributed by atoms with van der Waals surface area (Å²) in [5.74, 6) is 2.26. The topological polar surface area (TPSA) is 74.6 Å². The van der Waals surface area contributed by atoms with Crippen LogP contribution in [-0.2, 0) is 17.8 Å². The van der Waals surface area contributed by atoms with Gasteiger partial charge in [-0.1, -0.05) is 30.3 Å². The molecule has 1 amide bonds. The molecule has 0 aliphatic rings. The molecule has 0 aliphatic carbocycles. The van der Waals surface area contributed by atoms with Crippen LogP contribution in [0.15, 0.2) is 54.7 Å². The molecule has 3 aromatic rings. The number of hydrogen-bond acceptors (Lipinski definition) is 5. The number of benzene rings is 2. The number of methoxy groups -OCH3 is 3. The maximum Gasteiger partial charge on any atom is 0.225 e. The monoisotopic (exact) mass is 395 g/mol. The molecule has 0 radical (unpaired) electrons. The van der Waals surface area contributed by atoms with Crippen molar-refractivity contribution in [2.45, 2.75) is 19.4 Å². The van der Waals surface area contributed by atoms with E-state index in [1.165, 1.54) is 0 Å². The highest BCUT2D eigenvalue weighted by Crippen LogP contribution is 2.38. The van der Waals surface area contributed by atoms with Crippen LogP contribution in [0.4, 0.5) is 5.82 Å². The fraction of sp³-hybridized carbons (Fsp3) is 0.273. The SMILES string of the molecule is COc1cc(CCC(=O)Nc2ccnn2Cc2ccccc2)cc(OC)c1OC. The first-order valence-electron chi connectivity index (χ1n) is 9.29. The Bertz CT molecular complexity index is 929. The Labute approximate surface area is 170 Å². The van der Waals surface area contributed by atoms with Crippen molar-refractivity contribution in [1.29, 1.82) is 0 Å². The molecular formula is C22H25N3O4. The van der Waals surface area contributed by atoms with Crippen molar-refractivity contribution in [3.8, 4) is 17.2 Å². The summed E-state index contributed by atoms with van der Waals surface area (Å²) in [4.78, 5) is 12.5. The van der Waals surface area contributed by atoms with Crippen molar-refractivity contribution in [3.05, 3.63) is 65.9 Å². The molecule has 1 aromatic heterocycles. The van der Waals surface area contributed by atoms with Gasteiger partial charge in [-0.05, 0) is 29.7 Å². The molecule has 0 atom stereocenters. The molecular weight excluding hydrogens is 370 g/mol. The molecule has 0 fully saturated rings. The first kappa shape index (κ1) is 20.3. The third kappa shape index (κ3) is 5.07. The predicted octanol–water partition coefficient (Wildman–Crippen LogP) is 3.53. The Hall–Kier alpha value is -3.48. The Balaban J connectivity index is 1.63. The quantitative estimate of drug-likeness (QED) is 0.600. The Morgan fingerprint density at radius 3 is 2.28 bits per heavy atom. The highest BCUT2D eigenvalue weighted by molar-refractivity contribution is 5.90. The molecule has 2 aromatic carbocycles. The zero-order valence-electron chi connectivity index (χ0n) is 16.8. The van der Waals surface area contributed by atoms with E-state index in [0.717, 1.165) is 11.1 Å². The lowest BCUT2D eigenvalue weighted by molar-refractivity contribution is -0.116. The Morgan fingerprint density at radius 2 is 1.66 bits per heavy atom. The summed E-state index contributed by atoms with van der Waals surface area (Å²) in [5.41, 5.74) is 2.04. The van der Waals surface area contributed by atoms with Crippen LogP contribution in [0.3, 0.4) is 0 Å². The summed E-state index contributed by atoms with van der Waals surface area (Å²) in [6, 6.07) is 15.5. The molecule has 3 rings (SSSR count). The summed E-state index contributed by atoms with van der Waals surface area (Å²) >= 11 is 0. The van der Waals surface area contributed by atoms with E-state index in [1.54, 1.807) is 38.3 Å². The van der Waals surface area contributed by atoms with Crippen LogP contribution < -0.4 is 19.5 Å². The van der Waals surface area contributed by atoms with Crippen LogP contribution in [0.25, 0.3) is 0 Å². The molecule has 29 heavy (non-hydrogen) atoms. The summed E-state index contributed by atoms with van der Waals surface area (Å²) in [6.45, 7) is 0.594. The number of nitrogens with one attached hydrogen (secondary N) is 1. The number of aryl methyl sites for hydroxylation is 1. The van der Waals surface area contributed by atoms with E-state index in [4.69, 9.17) is 14.2 Å². The molecule has 0 spiro atoms. The average molecular weight is 395 g/mol. The number of aromatic nitrogens is 2. The number of carbonyl (C=O) groups excluding carboxylic acids is 1. The maximum atomic E-state index is 12.5. The van der Waals surface area contributed by atoms with E-state index in [1.807, 2.05) is 42.5 Å². The largest absolute Gasteiger partial charge is 0.493 e. The molecule has 0 saturated heterocycles. The first-order chi connectivity index (χ1) is 14.1. The lowest BCUT2D eigenvalue weighted by Crippen LogP contribution is -2.16. The van der Waals surface area contributed by atoms with Gasteiger partial charge in [0, 0.05) is 12.5 Å². The van der Waals surface area contributed by atoms with Gasteiger partial charge in [-0.15, -0.1) is 0 Å². The number of hydrogen-bond donors (Lipinski definition) is 1. The lowest BCUT2D eigenvalue weighted by Gasteiger charge is -2.14. The van der Waals surface area contributed by atoms with Gasteiger partial charge in [-0.2, -0.15) is 5.10 Å². The minimum atomic E-state index is -0.0893. The minimum absolute atomic E-state index is 0.0893. The smallest absolute Gasteiger partial charge is 0.225 e. The third-order valence-electron chi connectivity index (χ3n) is 4.52. The van der Waals surface area contributed by atoms with Crippen molar-refractivity contribution < 1.29 is 19.0 Å². The third-order valence-corrected chi connectivity index (χ3v) is 4.52. The van der Waals surface area contributed by atoms with E-state index < -0.39 is 0 Å². The van der Waals surface area contributed by atoms with E-state index in [-0.39, 0.29) is 5.91 Å². The normalized spacial score (nSPS) is 10.4. The van der Waals surface area contributed by atoms with Crippen molar-refractivity contribution in [2.24, 2.45) is 0 Å². The van der Waals surface area contributed by atoms with Gasteiger partial charge in [0.05, 0.1) is 34.1 Å². The fourth-order valence-corrected chi connectivity index (χ4v) is 3.06. The lowest BCUT2D eigenvalue weighted by atomic mass is 10.1. The van der Waals surface area contributed by atoms with Crippen molar-refractivity contribution in [1.82, 2.24) is 9.78 Å². The van der Waals surface area contributed by atoms with E-state index in [2.05, 4.69) is 10.4 Å². The second kappa shape index (κ2) is 9.64. The predicted molar refractivity (Wildman–Crippen MR) is 111 cm³/mol. The molecule has 152 valence electrons. The van der Waals surface area contributed by atoms with Gasteiger partial charge in [0.15, 0.2) is 11.5 Å². The van der Waals surface area contributed by atoms with Crippen LogP contribution in [0.1, 0.15) is 17.5 Å². The molecule has 0 bridgehead atoms. The Kier molecular flexibility index (Phi) is 6.73. The van der Waals surface area contributed by atoms with Gasteiger partial charge in [0.2, 0.25) is 11.7 Å². The van der Waals surface area contributed by atoms with Crippen LogP contribution in [0.2, 0.25) is 0 Å². The number of nitrogens with zero attached hydrogens (tertiary/aromatic N) is 2. The summed E-state index contributed by atoms with van der Waals surface area (Å²) in [6.07, 6.45) is 2.53. The van der Waals surface area contributed by atoms with Crippen molar-refractivity contribution in [2.75, 3.05) is 26.6 Å². The van der Waals surface area contributed by atoms with Gasteiger partial charge >= 0.3 is 0 Å².